The molecule has 74 valence electrons. The fourth-order valence-electron chi connectivity index (χ4n) is 0.834. The van der Waals surface area contributed by atoms with Crippen molar-refractivity contribution >= 4 is 11.8 Å². The van der Waals surface area contributed by atoms with Gasteiger partial charge < -0.3 is 15.4 Å². The molecule has 0 saturated carbocycles. The Balaban J connectivity index is 2.30. The van der Waals surface area contributed by atoms with Crippen LogP contribution in [0.1, 0.15) is 6.42 Å². The highest BCUT2D eigenvalue weighted by Crippen LogP contribution is 2.14. The Morgan fingerprint density at radius 2 is 2.54 bits per heavy atom. The standard InChI is InChI=1S/C7H14N4OS/c1-11-5-9-10-7(11)13-4-6(8)2-3-12/h5-6,12H,2-4,8H2,1H3. The van der Waals surface area contributed by atoms with Crippen molar-refractivity contribution in [1.29, 1.82) is 0 Å². The second-order valence-electron chi connectivity index (χ2n) is 2.81. The molecular formula is C7H14N4OS. The van der Waals surface area contributed by atoms with Crippen LogP contribution in [-0.4, -0.2) is 38.3 Å². The number of thioether (sulfide) groups is 1. The number of aryl methyl sites for hydroxylation is 1. The number of aliphatic hydroxyl groups is 1. The maximum Gasteiger partial charge on any atom is 0.190 e. The first-order chi connectivity index (χ1) is 6.24. The summed E-state index contributed by atoms with van der Waals surface area (Å²) in [5.74, 6) is 0.757. The summed E-state index contributed by atoms with van der Waals surface area (Å²) < 4.78 is 1.84. The molecule has 5 nitrogen and oxygen atoms in total. The molecule has 1 aromatic heterocycles. The van der Waals surface area contributed by atoms with Gasteiger partial charge in [-0.25, -0.2) is 0 Å². The lowest BCUT2D eigenvalue weighted by Gasteiger charge is -2.07. The van der Waals surface area contributed by atoms with Gasteiger partial charge in [0.2, 0.25) is 0 Å². The minimum absolute atomic E-state index is 0.0201. The Bertz CT molecular complexity index is 252. The lowest BCUT2D eigenvalue weighted by molar-refractivity contribution is 0.279. The maximum atomic E-state index is 8.63. The first-order valence-electron chi connectivity index (χ1n) is 4.07. The summed E-state index contributed by atoms with van der Waals surface area (Å²) in [4.78, 5) is 0. The molecule has 13 heavy (non-hydrogen) atoms. The Morgan fingerprint density at radius 1 is 1.77 bits per heavy atom. The fourth-order valence-corrected chi connectivity index (χ4v) is 1.72. The number of rotatable bonds is 5. The Hall–Kier alpha value is -0.590. The second kappa shape index (κ2) is 5.21. The molecule has 1 rings (SSSR count). The molecule has 0 aliphatic carbocycles. The topological polar surface area (TPSA) is 77.0 Å². The average molecular weight is 202 g/mol. The van der Waals surface area contributed by atoms with Crippen LogP contribution in [0.25, 0.3) is 0 Å². The molecule has 0 aromatic carbocycles. The monoisotopic (exact) mass is 202 g/mol. The van der Waals surface area contributed by atoms with Gasteiger partial charge in [0.15, 0.2) is 5.16 Å². The fraction of sp³-hybridized carbons (Fsp3) is 0.714. The van der Waals surface area contributed by atoms with Crippen LogP contribution in [-0.2, 0) is 7.05 Å². The van der Waals surface area contributed by atoms with Crippen LogP contribution < -0.4 is 5.73 Å². The van der Waals surface area contributed by atoms with E-state index in [0.29, 0.717) is 6.42 Å². The van der Waals surface area contributed by atoms with Crippen LogP contribution in [0.5, 0.6) is 0 Å². The molecule has 1 heterocycles. The summed E-state index contributed by atoms with van der Waals surface area (Å²) in [6, 6.07) is 0.0201. The highest BCUT2D eigenvalue weighted by molar-refractivity contribution is 7.99. The molecular weight excluding hydrogens is 188 g/mol. The summed E-state index contributed by atoms with van der Waals surface area (Å²) in [5.41, 5.74) is 5.71. The molecule has 0 aliphatic rings. The lowest BCUT2D eigenvalue weighted by atomic mass is 10.3. The van der Waals surface area contributed by atoms with E-state index in [4.69, 9.17) is 10.8 Å². The van der Waals surface area contributed by atoms with Crippen LogP contribution in [0, 0.1) is 0 Å². The average Bonchev–Trinajstić information content (AvgIpc) is 2.48. The highest BCUT2D eigenvalue weighted by Gasteiger charge is 2.05. The molecule has 0 saturated heterocycles. The number of hydrogen-bond acceptors (Lipinski definition) is 5. The van der Waals surface area contributed by atoms with E-state index in [-0.39, 0.29) is 12.6 Å². The molecule has 1 aromatic rings. The first-order valence-corrected chi connectivity index (χ1v) is 5.06. The third kappa shape index (κ3) is 3.33. The summed E-state index contributed by atoms with van der Waals surface area (Å²) >= 11 is 1.55. The van der Waals surface area contributed by atoms with E-state index in [1.165, 1.54) is 0 Å². The van der Waals surface area contributed by atoms with Crippen molar-refractivity contribution in [3.05, 3.63) is 6.33 Å². The zero-order chi connectivity index (χ0) is 9.68. The van der Waals surface area contributed by atoms with Gasteiger partial charge >= 0.3 is 0 Å². The Morgan fingerprint density at radius 3 is 3.08 bits per heavy atom. The van der Waals surface area contributed by atoms with Crippen molar-refractivity contribution in [3.8, 4) is 0 Å². The molecule has 1 atom stereocenters. The van der Waals surface area contributed by atoms with Crippen molar-refractivity contribution < 1.29 is 5.11 Å². The third-order valence-electron chi connectivity index (χ3n) is 1.60. The molecule has 0 fully saturated rings. The van der Waals surface area contributed by atoms with Crippen LogP contribution in [0.3, 0.4) is 0 Å². The SMILES string of the molecule is Cn1cnnc1SCC(N)CCO. The highest BCUT2D eigenvalue weighted by atomic mass is 32.2. The predicted octanol–water partition coefficient (Wildman–Crippen LogP) is -0.383. The van der Waals surface area contributed by atoms with Gasteiger partial charge in [-0.15, -0.1) is 10.2 Å². The molecule has 0 bridgehead atoms. The van der Waals surface area contributed by atoms with E-state index in [1.54, 1.807) is 18.1 Å². The number of aromatic nitrogens is 3. The van der Waals surface area contributed by atoms with Crippen molar-refractivity contribution in [2.75, 3.05) is 12.4 Å². The normalized spacial score (nSPS) is 13.2. The first kappa shape index (κ1) is 10.5. The van der Waals surface area contributed by atoms with E-state index in [0.717, 1.165) is 10.9 Å². The van der Waals surface area contributed by atoms with Gasteiger partial charge in [-0.2, -0.15) is 0 Å². The molecule has 0 spiro atoms. The lowest BCUT2D eigenvalue weighted by Crippen LogP contribution is -2.24. The van der Waals surface area contributed by atoms with Crippen LogP contribution in [0.4, 0.5) is 0 Å². The zero-order valence-corrected chi connectivity index (χ0v) is 8.37. The molecule has 3 N–H and O–H groups in total. The maximum absolute atomic E-state index is 8.63. The quantitative estimate of drug-likeness (QED) is 0.636. The van der Waals surface area contributed by atoms with E-state index in [2.05, 4.69) is 10.2 Å². The van der Waals surface area contributed by atoms with Gasteiger partial charge in [0.25, 0.3) is 0 Å². The summed E-state index contributed by atoms with van der Waals surface area (Å²) in [6.45, 7) is 0.139. The molecule has 0 aliphatic heterocycles. The minimum Gasteiger partial charge on any atom is -0.396 e. The van der Waals surface area contributed by atoms with Crippen molar-refractivity contribution in [1.82, 2.24) is 14.8 Å². The van der Waals surface area contributed by atoms with E-state index < -0.39 is 0 Å². The molecule has 0 radical (unpaired) electrons. The number of nitrogens with zero attached hydrogens (tertiary/aromatic N) is 3. The van der Waals surface area contributed by atoms with Crippen molar-refractivity contribution in [2.45, 2.75) is 17.6 Å². The Kier molecular flexibility index (Phi) is 4.20. The predicted molar refractivity (Wildman–Crippen MR) is 51.4 cm³/mol. The Labute approximate surface area is 81.3 Å². The summed E-state index contributed by atoms with van der Waals surface area (Å²) in [6.07, 6.45) is 2.28. The smallest absolute Gasteiger partial charge is 0.190 e. The molecule has 0 amide bonds. The third-order valence-corrected chi connectivity index (χ3v) is 2.82. The zero-order valence-electron chi connectivity index (χ0n) is 7.55. The van der Waals surface area contributed by atoms with Crippen molar-refractivity contribution in [2.24, 2.45) is 12.8 Å². The van der Waals surface area contributed by atoms with Crippen LogP contribution >= 0.6 is 11.8 Å². The van der Waals surface area contributed by atoms with Crippen LogP contribution in [0.15, 0.2) is 11.5 Å². The van der Waals surface area contributed by atoms with Gasteiger partial charge in [0, 0.05) is 25.4 Å². The van der Waals surface area contributed by atoms with Gasteiger partial charge in [-0.1, -0.05) is 11.8 Å². The second-order valence-corrected chi connectivity index (χ2v) is 3.79. The van der Waals surface area contributed by atoms with Crippen molar-refractivity contribution in [3.63, 3.8) is 0 Å². The van der Waals surface area contributed by atoms with E-state index in [1.807, 2.05) is 11.6 Å². The van der Waals surface area contributed by atoms with Gasteiger partial charge in [0.05, 0.1) is 0 Å². The summed E-state index contributed by atoms with van der Waals surface area (Å²) in [7, 11) is 1.89. The van der Waals surface area contributed by atoms with E-state index >= 15 is 0 Å². The van der Waals surface area contributed by atoms with Gasteiger partial charge in [0.1, 0.15) is 6.33 Å². The van der Waals surface area contributed by atoms with Crippen LogP contribution in [0.2, 0.25) is 0 Å². The minimum atomic E-state index is 0.0201. The molecule has 1 unspecified atom stereocenters. The molecule has 6 heteroatoms. The number of aliphatic hydroxyl groups excluding tert-OH is 1. The largest absolute Gasteiger partial charge is 0.396 e. The summed E-state index contributed by atoms with van der Waals surface area (Å²) in [5, 5.41) is 17.1. The van der Waals surface area contributed by atoms with E-state index in [9.17, 15) is 0 Å². The van der Waals surface area contributed by atoms with Gasteiger partial charge in [-0.3, -0.25) is 0 Å². The number of hydrogen-bond donors (Lipinski definition) is 2. The number of nitrogens with two attached hydrogens (primary N) is 1. The van der Waals surface area contributed by atoms with Gasteiger partial charge in [-0.05, 0) is 6.42 Å².